The van der Waals surface area contributed by atoms with Crippen molar-refractivity contribution in [1.82, 2.24) is 4.90 Å². The van der Waals surface area contributed by atoms with Gasteiger partial charge >= 0.3 is 0 Å². The minimum atomic E-state index is -3.01. The standard InChI is InChI=1S/C36H42BrN3O7Si/c1-21-33(48(3,4)46)31(17-32(43)39-19-25-8-6-5-7-24(25)15-28(39)20-41)47-36(21)29-16-26(37)11-14-30(29)40(35(36)45)18-23-9-12-27(13-10-23)38-34(44)22(2)42/h5-14,16,21-22,28,31,33,41-42,46H,15,17-20H2,1-4H3,(H,38,44)/t21-,22+,28+,31+,33-,36+/m1/s1. The quantitative estimate of drug-likeness (QED) is 0.251. The van der Waals surface area contributed by atoms with Crippen molar-refractivity contribution < 1.29 is 34.1 Å². The molecule has 1 spiro atoms. The van der Waals surface area contributed by atoms with E-state index in [9.17, 15) is 29.4 Å². The lowest BCUT2D eigenvalue weighted by molar-refractivity contribution is -0.151. The molecule has 3 aromatic rings. The van der Waals surface area contributed by atoms with Crippen molar-refractivity contribution in [1.29, 1.82) is 0 Å². The Labute approximate surface area is 290 Å². The second-order valence-electron chi connectivity index (χ2n) is 13.8. The van der Waals surface area contributed by atoms with Crippen molar-refractivity contribution in [3.05, 3.63) is 93.5 Å². The largest absolute Gasteiger partial charge is 0.432 e. The number of amides is 3. The fraction of sp³-hybridized carbons (Fsp3) is 0.417. The summed E-state index contributed by atoms with van der Waals surface area (Å²) in [5, 5.41) is 22.4. The van der Waals surface area contributed by atoms with E-state index >= 15 is 0 Å². The Bertz CT molecular complexity index is 1730. The third kappa shape index (κ3) is 6.14. The van der Waals surface area contributed by atoms with Crippen molar-refractivity contribution in [2.75, 3.05) is 16.8 Å². The zero-order valence-electron chi connectivity index (χ0n) is 27.5. The fourth-order valence-corrected chi connectivity index (χ4v) is 10.8. The van der Waals surface area contributed by atoms with Crippen molar-refractivity contribution in [3.63, 3.8) is 0 Å². The number of benzene rings is 3. The number of nitrogens with one attached hydrogen (secondary N) is 1. The highest BCUT2D eigenvalue weighted by atomic mass is 79.9. The highest BCUT2D eigenvalue weighted by Gasteiger charge is 2.66. The van der Waals surface area contributed by atoms with Crippen LogP contribution in [-0.4, -0.2) is 70.8 Å². The minimum absolute atomic E-state index is 0.0251. The first-order valence-corrected chi connectivity index (χ1v) is 20.1. The van der Waals surface area contributed by atoms with Gasteiger partial charge < -0.3 is 34.9 Å². The lowest BCUT2D eigenvalue weighted by Crippen LogP contribution is -2.48. The highest BCUT2D eigenvalue weighted by molar-refractivity contribution is 9.10. The highest BCUT2D eigenvalue weighted by Crippen LogP contribution is 2.60. The Balaban J connectivity index is 1.31. The maximum absolute atomic E-state index is 14.7. The van der Waals surface area contributed by atoms with Gasteiger partial charge in [-0.1, -0.05) is 59.3 Å². The van der Waals surface area contributed by atoms with Gasteiger partial charge in [-0.2, -0.15) is 0 Å². The molecule has 3 heterocycles. The summed E-state index contributed by atoms with van der Waals surface area (Å²) in [4.78, 5) is 55.8. The van der Waals surface area contributed by atoms with Gasteiger partial charge in [-0.05, 0) is 73.5 Å². The number of fused-ring (bicyclic) bond motifs is 3. The smallest absolute Gasteiger partial charge is 0.264 e. The number of aliphatic hydroxyl groups excluding tert-OH is 2. The predicted octanol–water partition coefficient (Wildman–Crippen LogP) is 4.45. The molecule has 48 heavy (non-hydrogen) atoms. The Morgan fingerprint density at radius 1 is 1.10 bits per heavy atom. The average molecular weight is 737 g/mol. The number of halogens is 1. The number of carbonyl (C=O) groups is 3. The molecule has 0 radical (unpaired) electrons. The summed E-state index contributed by atoms with van der Waals surface area (Å²) in [6, 6.07) is 20.3. The van der Waals surface area contributed by atoms with Crippen LogP contribution in [0.3, 0.4) is 0 Å². The fourth-order valence-electron chi connectivity index (χ4n) is 7.86. The zero-order chi connectivity index (χ0) is 34.5. The van der Waals surface area contributed by atoms with Gasteiger partial charge in [0.25, 0.3) is 11.8 Å². The van der Waals surface area contributed by atoms with E-state index in [2.05, 4.69) is 21.2 Å². The lowest BCUT2D eigenvalue weighted by Gasteiger charge is -2.37. The molecule has 12 heteroatoms. The molecule has 6 atom stereocenters. The minimum Gasteiger partial charge on any atom is -0.432 e. The number of hydrogen-bond acceptors (Lipinski definition) is 7. The molecular formula is C36H42BrN3O7Si. The van der Waals surface area contributed by atoms with Gasteiger partial charge in [-0.25, -0.2) is 0 Å². The molecule has 254 valence electrons. The molecule has 3 amide bonds. The van der Waals surface area contributed by atoms with Gasteiger partial charge in [0, 0.05) is 33.7 Å². The van der Waals surface area contributed by atoms with Crippen LogP contribution in [0.2, 0.25) is 18.6 Å². The Morgan fingerprint density at radius 3 is 2.44 bits per heavy atom. The van der Waals surface area contributed by atoms with Crippen LogP contribution in [0.1, 0.15) is 42.5 Å². The molecule has 4 N–H and O–H groups in total. The maximum Gasteiger partial charge on any atom is 0.264 e. The molecule has 3 aromatic carbocycles. The van der Waals surface area contributed by atoms with E-state index < -0.39 is 43.5 Å². The van der Waals surface area contributed by atoms with E-state index in [1.54, 1.807) is 21.9 Å². The second-order valence-corrected chi connectivity index (χ2v) is 18.7. The number of nitrogens with zero attached hydrogens (tertiary/aromatic N) is 2. The van der Waals surface area contributed by atoms with E-state index in [1.165, 1.54) is 6.92 Å². The number of hydrogen-bond donors (Lipinski definition) is 4. The summed E-state index contributed by atoms with van der Waals surface area (Å²) >= 11 is 3.59. The van der Waals surface area contributed by atoms with Gasteiger partial charge in [0.2, 0.25) is 5.91 Å². The maximum atomic E-state index is 14.7. The third-order valence-corrected chi connectivity index (χ3v) is 13.1. The molecule has 3 aliphatic heterocycles. The number of anilines is 2. The van der Waals surface area contributed by atoms with Crippen LogP contribution in [0.5, 0.6) is 0 Å². The van der Waals surface area contributed by atoms with Gasteiger partial charge in [0.1, 0.15) is 6.10 Å². The number of ether oxygens (including phenoxy) is 1. The third-order valence-electron chi connectivity index (χ3n) is 10.1. The first kappa shape index (κ1) is 34.5. The second kappa shape index (κ2) is 13.1. The Kier molecular flexibility index (Phi) is 9.44. The lowest BCUT2D eigenvalue weighted by atomic mass is 9.82. The molecule has 0 bridgehead atoms. The monoisotopic (exact) mass is 735 g/mol. The number of aliphatic hydroxyl groups is 2. The van der Waals surface area contributed by atoms with Gasteiger partial charge in [0.15, 0.2) is 13.9 Å². The summed E-state index contributed by atoms with van der Waals surface area (Å²) in [5.41, 5.74) is 3.03. The number of carbonyl (C=O) groups excluding carboxylic acids is 3. The normalized spacial score (nSPS) is 25.6. The van der Waals surface area contributed by atoms with Crippen molar-refractivity contribution in [3.8, 4) is 0 Å². The molecule has 0 saturated carbocycles. The first-order chi connectivity index (χ1) is 22.7. The number of rotatable bonds is 8. The molecule has 3 aliphatic rings. The SMILES string of the molecule is C[C@H](O)C(=O)Nc1ccc(CN2C(=O)[C@@]3(O[C@@H](CC(=O)N4Cc5ccccc5C[C@H]4CO)[C@H]([Si](C)(C)O)[C@H]3C)c3cc(Br)ccc32)cc1. The summed E-state index contributed by atoms with van der Waals surface area (Å²) in [6.45, 7) is 7.44. The van der Waals surface area contributed by atoms with E-state index in [1.807, 2.05) is 74.6 Å². The van der Waals surface area contributed by atoms with Crippen LogP contribution >= 0.6 is 15.9 Å². The average Bonchev–Trinajstić information content (AvgIpc) is 3.46. The molecular weight excluding hydrogens is 694 g/mol. The molecule has 1 fully saturated rings. The van der Waals surface area contributed by atoms with E-state index in [0.717, 1.165) is 21.2 Å². The van der Waals surface area contributed by atoms with Crippen LogP contribution in [-0.2, 0) is 44.2 Å². The Morgan fingerprint density at radius 2 is 1.79 bits per heavy atom. The summed E-state index contributed by atoms with van der Waals surface area (Å²) in [5.74, 6) is -1.39. The molecule has 6 rings (SSSR count). The summed E-state index contributed by atoms with van der Waals surface area (Å²) in [7, 11) is -3.01. The van der Waals surface area contributed by atoms with Gasteiger partial charge in [-0.15, -0.1) is 0 Å². The molecule has 1 saturated heterocycles. The molecule has 0 aliphatic carbocycles. The van der Waals surface area contributed by atoms with E-state index in [0.29, 0.717) is 29.9 Å². The van der Waals surface area contributed by atoms with Gasteiger partial charge in [0.05, 0.1) is 37.4 Å². The van der Waals surface area contributed by atoms with Crippen molar-refractivity contribution in [2.45, 2.75) is 82.3 Å². The van der Waals surface area contributed by atoms with Crippen molar-refractivity contribution >= 4 is 53.3 Å². The Hall–Kier alpha value is -3.39. The van der Waals surface area contributed by atoms with E-state index in [4.69, 9.17) is 4.74 Å². The van der Waals surface area contributed by atoms with Crippen LogP contribution in [0.25, 0.3) is 0 Å². The molecule has 10 nitrogen and oxygen atoms in total. The van der Waals surface area contributed by atoms with Crippen LogP contribution in [0, 0.1) is 5.92 Å². The van der Waals surface area contributed by atoms with Gasteiger partial charge in [-0.3, -0.25) is 14.4 Å². The van der Waals surface area contributed by atoms with Crippen LogP contribution in [0.15, 0.2) is 71.2 Å². The topological polar surface area (TPSA) is 140 Å². The summed E-state index contributed by atoms with van der Waals surface area (Å²) in [6.07, 6.45) is -1.34. The molecule has 0 unspecified atom stereocenters. The van der Waals surface area contributed by atoms with Crippen molar-refractivity contribution in [2.24, 2.45) is 5.92 Å². The first-order valence-electron chi connectivity index (χ1n) is 16.3. The zero-order valence-corrected chi connectivity index (χ0v) is 30.1. The van der Waals surface area contributed by atoms with Crippen LogP contribution in [0.4, 0.5) is 11.4 Å². The van der Waals surface area contributed by atoms with Crippen LogP contribution < -0.4 is 10.2 Å². The molecule has 0 aromatic heterocycles. The summed E-state index contributed by atoms with van der Waals surface area (Å²) < 4.78 is 7.67. The predicted molar refractivity (Wildman–Crippen MR) is 187 cm³/mol. The van der Waals surface area contributed by atoms with E-state index in [-0.39, 0.29) is 37.4 Å².